The van der Waals surface area contributed by atoms with Crippen LogP contribution in [0.5, 0.6) is 0 Å². The summed E-state index contributed by atoms with van der Waals surface area (Å²) in [7, 11) is 0. The molecule has 24 heavy (non-hydrogen) atoms. The van der Waals surface area contributed by atoms with E-state index in [0.29, 0.717) is 5.82 Å². The standard InChI is InChI=1S/C16H24N4O4/c1-16(2,3)24-15(23)19-12-9-18-13(10-17-12)20-6-4-11(5-7-20)8-14(21)22/h9-11H,4-8H2,1-3H3,(H,21,22)(H,17,19,23). The van der Waals surface area contributed by atoms with Crippen LogP contribution >= 0.6 is 0 Å². The molecule has 0 bridgehead atoms. The van der Waals surface area contributed by atoms with Gasteiger partial charge in [-0.3, -0.25) is 10.1 Å². The molecule has 1 aliphatic rings. The lowest BCUT2D eigenvalue weighted by Gasteiger charge is -2.31. The zero-order valence-electron chi connectivity index (χ0n) is 14.3. The molecule has 0 aliphatic carbocycles. The second kappa shape index (κ2) is 7.46. The average Bonchev–Trinajstić information content (AvgIpc) is 2.46. The molecule has 0 unspecified atom stereocenters. The molecule has 1 aromatic rings. The Labute approximate surface area is 141 Å². The van der Waals surface area contributed by atoms with Crippen LogP contribution in [0.25, 0.3) is 0 Å². The molecule has 0 aromatic carbocycles. The summed E-state index contributed by atoms with van der Waals surface area (Å²) in [5.74, 6) is 0.526. The number of hydrogen-bond donors (Lipinski definition) is 2. The van der Waals surface area contributed by atoms with Crippen molar-refractivity contribution in [3.8, 4) is 0 Å². The molecule has 2 N–H and O–H groups in total. The number of hydrogen-bond acceptors (Lipinski definition) is 6. The van der Waals surface area contributed by atoms with Crippen LogP contribution in [0.4, 0.5) is 16.4 Å². The van der Waals surface area contributed by atoms with Crippen molar-refractivity contribution in [2.45, 2.75) is 45.6 Å². The third-order valence-electron chi connectivity index (χ3n) is 3.67. The van der Waals surface area contributed by atoms with Gasteiger partial charge in [-0.15, -0.1) is 0 Å². The summed E-state index contributed by atoms with van der Waals surface area (Å²) < 4.78 is 5.16. The lowest BCUT2D eigenvalue weighted by Crippen LogP contribution is -2.35. The van der Waals surface area contributed by atoms with E-state index in [0.717, 1.165) is 31.7 Å². The minimum atomic E-state index is -0.745. The predicted molar refractivity (Wildman–Crippen MR) is 89.1 cm³/mol. The smallest absolute Gasteiger partial charge is 0.413 e. The molecular weight excluding hydrogens is 312 g/mol. The number of amides is 1. The van der Waals surface area contributed by atoms with E-state index in [1.165, 1.54) is 6.20 Å². The molecule has 8 heteroatoms. The average molecular weight is 336 g/mol. The lowest BCUT2D eigenvalue weighted by atomic mass is 9.94. The Hall–Kier alpha value is -2.38. The van der Waals surface area contributed by atoms with E-state index in [9.17, 15) is 9.59 Å². The minimum absolute atomic E-state index is 0.221. The second-order valence-corrected chi connectivity index (χ2v) is 6.92. The molecule has 2 heterocycles. The first-order valence-electron chi connectivity index (χ1n) is 8.02. The van der Waals surface area contributed by atoms with Crippen molar-refractivity contribution in [3.63, 3.8) is 0 Å². The van der Waals surface area contributed by atoms with Crippen molar-refractivity contribution in [2.24, 2.45) is 5.92 Å². The van der Waals surface area contributed by atoms with E-state index in [1.807, 2.05) is 0 Å². The second-order valence-electron chi connectivity index (χ2n) is 6.92. The van der Waals surface area contributed by atoms with E-state index in [2.05, 4.69) is 20.2 Å². The van der Waals surface area contributed by atoms with Crippen molar-refractivity contribution in [2.75, 3.05) is 23.3 Å². The van der Waals surface area contributed by atoms with Crippen LogP contribution in [-0.2, 0) is 9.53 Å². The molecular formula is C16H24N4O4. The summed E-state index contributed by atoms with van der Waals surface area (Å²) in [6, 6.07) is 0. The zero-order valence-corrected chi connectivity index (χ0v) is 14.3. The molecule has 1 aliphatic heterocycles. The molecule has 0 saturated carbocycles. The minimum Gasteiger partial charge on any atom is -0.481 e. The third-order valence-corrected chi connectivity index (χ3v) is 3.67. The molecule has 0 atom stereocenters. The maximum atomic E-state index is 11.7. The van der Waals surface area contributed by atoms with Crippen molar-refractivity contribution >= 4 is 23.7 Å². The highest BCUT2D eigenvalue weighted by Crippen LogP contribution is 2.24. The number of nitrogens with zero attached hydrogens (tertiary/aromatic N) is 3. The maximum Gasteiger partial charge on any atom is 0.413 e. The van der Waals surface area contributed by atoms with Crippen molar-refractivity contribution < 1.29 is 19.4 Å². The number of piperidine rings is 1. The van der Waals surface area contributed by atoms with Gasteiger partial charge >= 0.3 is 12.1 Å². The van der Waals surface area contributed by atoms with Crippen molar-refractivity contribution in [1.29, 1.82) is 0 Å². The van der Waals surface area contributed by atoms with E-state index in [1.54, 1.807) is 27.0 Å². The third kappa shape index (κ3) is 5.68. The number of aromatic nitrogens is 2. The van der Waals surface area contributed by atoms with Crippen LogP contribution in [0.3, 0.4) is 0 Å². The van der Waals surface area contributed by atoms with E-state index in [4.69, 9.17) is 9.84 Å². The van der Waals surface area contributed by atoms with Gasteiger partial charge < -0.3 is 14.7 Å². The summed E-state index contributed by atoms with van der Waals surface area (Å²) in [4.78, 5) is 33.0. The number of rotatable bonds is 4. The van der Waals surface area contributed by atoms with Gasteiger partial charge in [0.15, 0.2) is 5.82 Å². The molecule has 8 nitrogen and oxygen atoms in total. The van der Waals surface area contributed by atoms with Gasteiger partial charge in [0.1, 0.15) is 11.4 Å². The fourth-order valence-electron chi connectivity index (χ4n) is 2.57. The van der Waals surface area contributed by atoms with E-state index >= 15 is 0 Å². The number of carboxylic acid groups (broad SMARTS) is 1. The van der Waals surface area contributed by atoms with Crippen LogP contribution in [-0.4, -0.2) is 45.8 Å². The number of carbonyl (C=O) groups excluding carboxylic acids is 1. The fourth-order valence-corrected chi connectivity index (χ4v) is 2.57. The van der Waals surface area contributed by atoms with Crippen LogP contribution in [0.15, 0.2) is 12.4 Å². The summed E-state index contributed by atoms with van der Waals surface area (Å²) in [5.41, 5.74) is -0.572. The number of anilines is 2. The number of carboxylic acids is 1. The molecule has 132 valence electrons. The Balaban J connectivity index is 1.86. The Morgan fingerprint density at radius 3 is 2.46 bits per heavy atom. The summed E-state index contributed by atoms with van der Waals surface area (Å²) in [5, 5.41) is 11.4. The van der Waals surface area contributed by atoms with E-state index in [-0.39, 0.29) is 12.3 Å². The van der Waals surface area contributed by atoms with Gasteiger partial charge in [0.05, 0.1) is 12.4 Å². The Bertz CT molecular complexity index is 575. The van der Waals surface area contributed by atoms with Gasteiger partial charge in [0.2, 0.25) is 0 Å². The van der Waals surface area contributed by atoms with Gasteiger partial charge in [-0.1, -0.05) is 0 Å². The molecule has 1 amide bonds. The van der Waals surface area contributed by atoms with Crippen LogP contribution in [0.1, 0.15) is 40.0 Å². The van der Waals surface area contributed by atoms with Gasteiger partial charge in [0.25, 0.3) is 0 Å². The van der Waals surface area contributed by atoms with E-state index < -0.39 is 17.7 Å². The van der Waals surface area contributed by atoms with Crippen LogP contribution in [0.2, 0.25) is 0 Å². The number of nitrogens with one attached hydrogen (secondary N) is 1. The first-order valence-corrected chi connectivity index (χ1v) is 8.02. The highest BCUT2D eigenvalue weighted by atomic mass is 16.6. The monoisotopic (exact) mass is 336 g/mol. The molecule has 2 rings (SSSR count). The van der Waals surface area contributed by atoms with Crippen LogP contribution < -0.4 is 10.2 Å². The van der Waals surface area contributed by atoms with Gasteiger partial charge in [-0.25, -0.2) is 14.8 Å². The highest BCUT2D eigenvalue weighted by molar-refractivity contribution is 5.83. The van der Waals surface area contributed by atoms with Gasteiger partial charge in [-0.05, 0) is 39.5 Å². The van der Waals surface area contributed by atoms with Gasteiger partial charge in [-0.2, -0.15) is 0 Å². The molecule has 0 spiro atoms. The topological polar surface area (TPSA) is 105 Å². The number of ether oxygens (including phenoxy) is 1. The Morgan fingerprint density at radius 2 is 1.96 bits per heavy atom. The molecule has 0 radical (unpaired) electrons. The Morgan fingerprint density at radius 1 is 1.29 bits per heavy atom. The molecule has 1 fully saturated rings. The quantitative estimate of drug-likeness (QED) is 0.870. The summed E-state index contributed by atoms with van der Waals surface area (Å²) in [6.07, 6.45) is 4.39. The fraction of sp³-hybridized carbons (Fsp3) is 0.625. The lowest BCUT2D eigenvalue weighted by molar-refractivity contribution is -0.138. The molecule has 1 aromatic heterocycles. The first kappa shape index (κ1) is 18.0. The van der Waals surface area contributed by atoms with Gasteiger partial charge in [0, 0.05) is 19.5 Å². The maximum absolute atomic E-state index is 11.7. The first-order chi connectivity index (χ1) is 11.2. The number of aliphatic carboxylic acids is 1. The molecule has 1 saturated heterocycles. The summed E-state index contributed by atoms with van der Waals surface area (Å²) in [6.45, 7) is 6.87. The predicted octanol–water partition coefficient (Wildman–Crippen LogP) is 2.51. The van der Waals surface area contributed by atoms with Crippen LogP contribution in [0, 0.1) is 5.92 Å². The zero-order chi connectivity index (χ0) is 17.7. The Kier molecular flexibility index (Phi) is 5.58. The van der Waals surface area contributed by atoms with Crippen molar-refractivity contribution in [1.82, 2.24) is 9.97 Å². The normalized spacial score (nSPS) is 15.9. The highest BCUT2D eigenvalue weighted by Gasteiger charge is 2.22. The number of carbonyl (C=O) groups is 2. The SMILES string of the molecule is CC(C)(C)OC(=O)Nc1cnc(N2CCC(CC(=O)O)CC2)cn1. The largest absolute Gasteiger partial charge is 0.481 e. The van der Waals surface area contributed by atoms with Crippen molar-refractivity contribution in [3.05, 3.63) is 12.4 Å². The summed E-state index contributed by atoms with van der Waals surface area (Å²) >= 11 is 0.